The Labute approximate surface area is 481 Å². The lowest BCUT2D eigenvalue weighted by Crippen LogP contribution is -2.60. The van der Waals surface area contributed by atoms with E-state index in [1.54, 1.807) is 24.6 Å². The Hall–Kier alpha value is -6.29. The van der Waals surface area contributed by atoms with Crippen LogP contribution in [0.5, 0.6) is 5.75 Å². The average Bonchev–Trinajstić information content (AvgIpc) is 1.90. The summed E-state index contributed by atoms with van der Waals surface area (Å²) in [7, 11) is 1.52. The number of esters is 2. The third-order valence-electron chi connectivity index (χ3n) is 21.2. The Morgan fingerprint density at radius 3 is 2.39 bits per heavy atom. The van der Waals surface area contributed by atoms with Gasteiger partial charge in [0.1, 0.15) is 11.3 Å². The Kier molecular flexibility index (Phi) is 15.2. The van der Waals surface area contributed by atoms with Crippen LogP contribution in [0.2, 0.25) is 0 Å². The van der Waals surface area contributed by atoms with Crippen molar-refractivity contribution in [1.82, 2.24) is 0 Å². The van der Waals surface area contributed by atoms with Crippen LogP contribution in [0.15, 0.2) is 105 Å². The van der Waals surface area contributed by atoms with Crippen molar-refractivity contribution in [2.45, 2.75) is 177 Å². The lowest BCUT2D eigenvalue weighted by atomic mass is 9.46. The van der Waals surface area contributed by atoms with E-state index in [-0.39, 0.29) is 91.3 Å². The van der Waals surface area contributed by atoms with Crippen LogP contribution in [0.3, 0.4) is 0 Å². The van der Waals surface area contributed by atoms with E-state index >= 15 is 9.59 Å². The number of aliphatic hydroxyl groups excluding tert-OH is 3. The molecule has 1 aromatic heterocycles. The maximum Gasteiger partial charge on any atom is 0.340 e. The van der Waals surface area contributed by atoms with Crippen molar-refractivity contribution in [2.75, 3.05) is 26.9 Å². The summed E-state index contributed by atoms with van der Waals surface area (Å²) in [5, 5.41) is 32.5. The van der Waals surface area contributed by atoms with Crippen LogP contribution < -0.4 is 10.4 Å². The number of allylic oxidation sites excluding steroid dienone is 2. The summed E-state index contributed by atoms with van der Waals surface area (Å²) in [6, 6.07) is 26.5. The molecular formula is C71H78O11. The fourth-order valence-electron chi connectivity index (χ4n) is 17.5. The first-order valence-corrected chi connectivity index (χ1v) is 30.8. The predicted molar refractivity (Wildman–Crippen MR) is 313 cm³/mol. The summed E-state index contributed by atoms with van der Waals surface area (Å²) >= 11 is 0. The first-order chi connectivity index (χ1) is 40.1. The molecule has 0 amide bonds. The van der Waals surface area contributed by atoms with Crippen molar-refractivity contribution in [2.24, 2.45) is 23.7 Å². The minimum atomic E-state index is -1.36. The minimum absolute atomic E-state index is 0.0138. The van der Waals surface area contributed by atoms with Gasteiger partial charge in [0.2, 0.25) is 0 Å². The maximum atomic E-state index is 15.8. The number of hydrogen-bond acceptors (Lipinski definition) is 11. The lowest BCUT2D eigenvalue weighted by Gasteiger charge is -2.57. The van der Waals surface area contributed by atoms with Crippen molar-refractivity contribution >= 4 is 22.9 Å². The molecule has 3 aliphatic heterocycles. The second-order valence-electron chi connectivity index (χ2n) is 25.3. The molecule has 5 aliphatic carbocycles. The number of rotatable bonds is 9. The molecule has 13 rings (SSSR count). The number of carbonyl (C=O) groups is 2. The summed E-state index contributed by atoms with van der Waals surface area (Å²) in [6.07, 6.45) is 17.1. The highest BCUT2D eigenvalue weighted by atomic mass is 16.6. The number of benzene rings is 4. The summed E-state index contributed by atoms with van der Waals surface area (Å²) < 4.78 is 33.5. The van der Waals surface area contributed by atoms with E-state index in [9.17, 15) is 20.1 Å². The van der Waals surface area contributed by atoms with Gasteiger partial charge in [0.15, 0.2) is 17.8 Å². The van der Waals surface area contributed by atoms with Crippen molar-refractivity contribution in [3.63, 3.8) is 0 Å². The standard InChI is InChI=1S/C71H78O11/c1-42(39-73)52-27-21-43-22-28-54-45(36-43)13-8-9-34-70(49-14-4-3-5-15-49)67(81-68(52)76)66(64-61(82-70)32-31-57-58(40-74)63(69(77)80-65(57)64)47(33-35-72)41-78-2)79-62(75)38-48-37-46(24-29-55(48)54)53-18-11-20-60-56(53)30-26-51-17-10-16-50-25-23-44-12-6-7-19-59(44)71(50,51)60/h6-7,11-12,18-20,22,24,28-29,31-32,36,46-51,55,66-67,72-74H,3-5,10,13-17,21,23,25-27,30,33-35,37-41H2,1-2H3. The topological polar surface area (TPSA) is 162 Å². The van der Waals surface area contributed by atoms with Gasteiger partial charge >= 0.3 is 17.6 Å². The largest absolute Gasteiger partial charge is 0.481 e. The SMILES string of the molecule is COCC(CCO)c1c(CO)c2ccc3c(c2oc1=O)C1OC(=O)CC2CC(c4cccc5c4CCC4CCCC6CCc7ccccc7C564)C=CC2c2ccc4cc2CC#CCC(C2CCCCC2)(O3)C1OC(=O)C(=C(C)CO)CC4. The number of carbonyl (C=O) groups excluding carboxylic acids is 2. The van der Waals surface area contributed by atoms with Gasteiger partial charge < -0.3 is 38.7 Å². The van der Waals surface area contributed by atoms with Gasteiger partial charge in [0.05, 0.1) is 31.8 Å². The van der Waals surface area contributed by atoms with E-state index in [0.717, 1.165) is 68.1 Å². The van der Waals surface area contributed by atoms with Gasteiger partial charge in [-0.1, -0.05) is 110 Å². The van der Waals surface area contributed by atoms with Gasteiger partial charge in [0.25, 0.3) is 0 Å². The second-order valence-corrected chi connectivity index (χ2v) is 25.3. The van der Waals surface area contributed by atoms with Crippen molar-refractivity contribution in [3.8, 4) is 17.6 Å². The molecule has 4 aromatic carbocycles. The van der Waals surface area contributed by atoms with Crippen LogP contribution in [-0.2, 0) is 61.5 Å². The molecule has 8 aliphatic rings. The summed E-state index contributed by atoms with van der Waals surface area (Å²) in [4.78, 5) is 45.8. The molecule has 10 atom stereocenters. The third kappa shape index (κ3) is 9.21. The quantitative estimate of drug-likeness (QED) is 0.0423. The predicted octanol–water partition coefficient (Wildman–Crippen LogP) is 11.9. The number of aliphatic hydroxyl groups is 3. The molecule has 1 spiro atoms. The van der Waals surface area contributed by atoms with E-state index in [1.165, 1.54) is 55.0 Å². The third-order valence-corrected chi connectivity index (χ3v) is 21.2. The molecule has 2 fully saturated rings. The van der Waals surface area contributed by atoms with Crippen molar-refractivity contribution < 1.29 is 48.3 Å². The fraction of sp³-hybridized carbons (Fsp3) is 0.507. The van der Waals surface area contributed by atoms with Crippen LogP contribution >= 0.6 is 0 Å². The van der Waals surface area contributed by atoms with Crippen molar-refractivity contribution in [1.29, 1.82) is 0 Å². The molecule has 4 heterocycles. The molecule has 11 nitrogen and oxygen atoms in total. The van der Waals surface area contributed by atoms with Gasteiger partial charge in [-0.05, 0) is 170 Å². The van der Waals surface area contributed by atoms with E-state index in [0.29, 0.717) is 58.9 Å². The molecule has 3 N–H and O–H groups in total. The molecule has 11 heteroatoms. The van der Waals surface area contributed by atoms with E-state index in [1.807, 2.05) is 0 Å². The molecule has 5 bridgehead atoms. The maximum absolute atomic E-state index is 15.8. The number of aryl methyl sites for hydroxylation is 2. The summed E-state index contributed by atoms with van der Waals surface area (Å²) in [6.45, 7) is 0.704. The Morgan fingerprint density at radius 2 is 1.59 bits per heavy atom. The van der Waals surface area contributed by atoms with Gasteiger partial charge in [-0.2, -0.15) is 0 Å². The number of ether oxygens (including phenoxy) is 4. The molecule has 2 saturated carbocycles. The Bertz CT molecular complexity index is 3480. The van der Waals surface area contributed by atoms with E-state index < -0.39 is 47.9 Å². The van der Waals surface area contributed by atoms with Crippen LogP contribution in [0, 0.1) is 35.5 Å². The zero-order chi connectivity index (χ0) is 56.3. The van der Waals surface area contributed by atoms with Gasteiger partial charge in [-0.25, -0.2) is 9.59 Å². The number of hydrogen-bond donors (Lipinski definition) is 3. The Balaban J connectivity index is 0.992. The fourth-order valence-corrected chi connectivity index (χ4v) is 17.5. The van der Waals surface area contributed by atoms with Gasteiger partial charge in [-0.3, -0.25) is 4.79 Å². The first kappa shape index (κ1) is 54.9. The molecule has 428 valence electrons. The van der Waals surface area contributed by atoms with Crippen LogP contribution in [-0.4, -0.2) is 65.9 Å². The van der Waals surface area contributed by atoms with Gasteiger partial charge in [-0.15, -0.1) is 0 Å². The van der Waals surface area contributed by atoms with Crippen LogP contribution in [0.25, 0.3) is 11.0 Å². The van der Waals surface area contributed by atoms with Crippen molar-refractivity contribution in [3.05, 3.63) is 168 Å². The molecule has 82 heavy (non-hydrogen) atoms. The monoisotopic (exact) mass is 1110 g/mol. The number of fused-ring (bicyclic) bond motifs is 11. The van der Waals surface area contributed by atoms with Crippen LogP contribution in [0.1, 0.15) is 188 Å². The molecule has 5 aromatic rings. The summed E-state index contributed by atoms with van der Waals surface area (Å²) in [5.41, 5.74) is 10.1. The second kappa shape index (κ2) is 22.7. The summed E-state index contributed by atoms with van der Waals surface area (Å²) in [5.74, 6) is 6.43. The van der Waals surface area contributed by atoms with Crippen LogP contribution in [0.4, 0.5) is 0 Å². The smallest absolute Gasteiger partial charge is 0.340 e. The molecule has 0 radical (unpaired) electrons. The zero-order valence-electron chi connectivity index (χ0n) is 47.7. The average molecular weight is 1110 g/mol. The lowest BCUT2D eigenvalue weighted by molar-refractivity contribution is -0.204. The van der Waals surface area contributed by atoms with E-state index in [4.69, 9.17) is 23.4 Å². The highest BCUT2D eigenvalue weighted by Crippen LogP contribution is 2.62. The molecule has 0 saturated heterocycles. The first-order valence-electron chi connectivity index (χ1n) is 30.8. The Morgan fingerprint density at radius 1 is 0.780 bits per heavy atom. The minimum Gasteiger partial charge on any atom is -0.481 e. The number of methoxy groups -OCH3 is 1. The van der Waals surface area contributed by atoms with E-state index in [2.05, 4.69) is 84.7 Å². The highest BCUT2D eigenvalue weighted by Gasteiger charge is 2.60. The zero-order valence-corrected chi connectivity index (χ0v) is 47.7. The van der Waals surface area contributed by atoms with Gasteiger partial charge in [0, 0.05) is 72.2 Å². The highest BCUT2D eigenvalue weighted by molar-refractivity contribution is 5.90. The normalized spacial score (nSPS) is 29.5. The molecular weight excluding hydrogens is 1030 g/mol. The molecule has 10 unspecified atom stereocenters.